The average Bonchev–Trinajstić information content (AvgIpc) is 2.94. The lowest BCUT2D eigenvalue weighted by molar-refractivity contribution is 0.239. The zero-order chi connectivity index (χ0) is 15.1. The van der Waals surface area contributed by atoms with Gasteiger partial charge in [-0.05, 0) is 26.0 Å². The molecular weight excluding hydrogens is 266 g/mol. The van der Waals surface area contributed by atoms with Crippen molar-refractivity contribution in [3.8, 4) is 5.75 Å². The number of para-hydroxylation sites is 1. The topological polar surface area (TPSA) is 60.2 Å². The lowest BCUT2D eigenvalue weighted by Crippen LogP contribution is -2.18. The summed E-state index contributed by atoms with van der Waals surface area (Å²) in [4.78, 5) is 4.31. The molecule has 2 aromatic rings. The van der Waals surface area contributed by atoms with Gasteiger partial charge in [0.15, 0.2) is 12.4 Å². The van der Waals surface area contributed by atoms with E-state index in [-0.39, 0.29) is 6.04 Å². The minimum absolute atomic E-state index is 0.240. The van der Waals surface area contributed by atoms with E-state index in [1.807, 2.05) is 18.2 Å². The first-order valence-corrected chi connectivity index (χ1v) is 7.51. The molecule has 1 aromatic carbocycles. The SMILES string of the molecule is CCCc1noc(COc2ccccc2C(C)NCC)n1. The maximum Gasteiger partial charge on any atom is 0.264 e. The predicted octanol–water partition coefficient (Wildman–Crippen LogP) is 3.27. The number of hydrogen-bond donors (Lipinski definition) is 1. The van der Waals surface area contributed by atoms with E-state index in [9.17, 15) is 0 Å². The minimum atomic E-state index is 0.240. The molecule has 5 heteroatoms. The maximum atomic E-state index is 5.85. The number of nitrogens with zero attached hydrogens (tertiary/aromatic N) is 2. The van der Waals surface area contributed by atoms with Crippen molar-refractivity contribution in [2.24, 2.45) is 0 Å². The van der Waals surface area contributed by atoms with Gasteiger partial charge in [0.2, 0.25) is 0 Å². The maximum absolute atomic E-state index is 5.85. The molecule has 0 amide bonds. The van der Waals surface area contributed by atoms with Gasteiger partial charge in [0.25, 0.3) is 5.89 Å². The molecule has 0 saturated heterocycles. The van der Waals surface area contributed by atoms with Crippen LogP contribution in [-0.2, 0) is 13.0 Å². The summed E-state index contributed by atoms with van der Waals surface area (Å²) in [6.07, 6.45) is 1.83. The summed E-state index contributed by atoms with van der Waals surface area (Å²) in [7, 11) is 0. The van der Waals surface area contributed by atoms with Crippen molar-refractivity contribution in [3.05, 3.63) is 41.5 Å². The number of rotatable bonds is 8. The van der Waals surface area contributed by atoms with Gasteiger partial charge in [-0.25, -0.2) is 0 Å². The van der Waals surface area contributed by atoms with E-state index >= 15 is 0 Å². The number of ether oxygens (including phenoxy) is 1. The van der Waals surface area contributed by atoms with Gasteiger partial charge in [-0.1, -0.05) is 37.2 Å². The van der Waals surface area contributed by atoms with Crippen LogP contribution in [0.25, 0.3) is 0 Å². The van der Waals surface area contributed by atoms with Crippen LogP contribution in [0, 0.1) is 0 Å². The summed E-state index contributed by atoms with van der Waals surface area (Å²) in [6, 6.07) is 8.26. The van der Waals surface area contributed by atoms with Gasteiger partial charge < -0.3 is 14.6 Å². The molecule has 0 radical (unpaired) electrons. The molecule has 114 valence electrons. The van der Waals surface area contributed by atoms with E-state index < -0.39 is 0 Å². The third kappa shape index (κ3) is 4.29. The number of aromatic nitrogens is 2. The normalized spacial score (nSPS) is 12.3. The fraction of sp³-hybridized carbons (Fsp3) is 0.500. The summed E-state index contributed by atoms with van der Waals surface area (Å²) < 4.78 is 11.0. The van der Waals surface area contributed by atoms with Gasteiger partial charge in [0.05, 0.1) is 0 Å². The van der Waals surface area contributed by atoms with E-state index in [2.05, 4.69) is 42.3 Å². The third-order valence-electron chi connectivity index (χ3n) is 3.23. The van der Waals surface area contributed by atoms with Crippen LogP contribution in [-0.4, -0.2) is 16.7 Å². The highest BCUT2D eigenvalue weighted by Gasteiger charge is 2.12. The Bertz CT molecular complexity index is 554. The standard InChI is InChI=1S/C16H23N3O2/c1-4-8-15-18-16(21-19-15)11-20-14-10-7-6-9-13(14)12(3)17-5-2/h6-7,9-10,12,17H,4-5,8,11H2,1-3H3. The molecule has 0 aliphatic carbocycles. The third-order valence-corrected chi connectivity index (χ3v) is 3.23. The summed E-state index contributed by atoms with van der Waals surface area (Å²) in [6.45, 7) is 7.52. The first-order chi connectivity index (χ1) is 10.2. The molecule has 0 aliphatic rings. The molecule has 1 N–H and O–H groups in total. The van der Waals surface area contributed by atoms with Crippen LogP contribution in [0.5, 0.6) is 5.75 Å². The number of aryl methyl sites for hydroxylation is 1. The average molecular weight is 289 g/mol. The van der Waals surface area contributed by atoms with Crippen molar-refractivity contribution in [1.29, 1.82) is 0 Å². The van der Waals surface area contributed by atoms with Crippen LogP contribution in [0.3, 0.4) is 0 Å². The second-order valence-corrected chi connectivity index (χ2v) is 4.96. The number of benzene rings is 1. The Morgan fingerprint density at radius 3 is 2.86 bits per heavy atom. The van der Waals surface area contributed by atoms with Crippen LogP contribution in [0.15, 0.2) is 28.8 Å². The van der Waals surface area contributed by atoms with Crippen molar-refractivity contribution in [2.75, 3.05) is 6.54 Å². The predicted molar refractivity (Wildman–Crippen MR) is 81.2 cm³/mol. The van der Waals surface area contributed by atoms with Crippen molar-refractivity contribution in [2.45, 2.75) is 46.3 Å². The first kappa shape index (κ1) is 15.5. The summed E-state index contributed by atoms with van der Waals surface area (Å²) in [5.74, 6) is 2.11. The van der Waals surface area contributed by atoms with Gasteiger partial charge in [-0.15, -0.1) is 0 Å². The fourth-order valence-corrected chi connectivity index (χ4v) is 2.20. The van der Waals surface area contributed by atoms with Gasteiger partial charge in [-0.3, -0.25) is 0 Å². The Hall–Kier alpha value is -1.88. The largest absolute Gasteiger partial charge is 0.483 e. The minimum Gasteiger partial charge on any atom is -0.483 e. The summed E-state index contributed by atoms with van der Waals surface area (Å²) in [5.41, 5.74) is 1.13. The quantitative estimate of drug-likeness (QED) is 0.808. The Kier molecular flexibility index (Phi) is 5.75. The van der Waals surface area contributed by atoms with E-state index in [1.54, 1.807) is 0 Å². The zero-order valence-corrected chi connectivity index (χ0v) is 12.9. The van der Waals surface area contributed by atoms with Gasteiger partial charge >= 0.3 is 0 Å². The van der Waals surface area contributed by atoms with E-state index in [0.29, 0.717) is 12.5 Å². The van der Waals surface area contributed by atoms with Crippen molar-refractivity contribution >= 4 is 0 Å². The molecule has 1 aromatic heterocycles. The van der Waals surface area contributed by atoms with E-state index in [0.717, 1.165) is 36.5 Å². The fourth-order valence-electron chi connectivity index (χ4n) is 2.20. The first-order valence-electron chi connectivity index (χ1n) is 7.51. The van der Waals surface area contributed by atoms with Crippen molar-refractivity contribution in [1.82, 2.24) is 15.5 Å². The number of nitrogens with one attached hydrogen (secondary N) is 1. The molecule has 1 heterocycles. The highest BCUT2D eigenvalue weighted by atomic mass is 16.5. The zero-order valence-electron chi connectivity index (χ0n) is 12.9. The highest BCUT2D eigenvalue weighted by molar-refractivity contribution is 5.35. The molecule has 5 nitrogen and oxygen atoms in total. The monoisotopic (exact) mass is 289 g/mol. The lowest BCUT2D eigenvalue weighted by atomic mass is 10.1. The molecule has 0 spiro atoms. The molecule has 0 fully saturated rings. The molecule has 0 saturated carbocycles. The van der Waals surface area contributed by atoms with Crippen LogP contribution in [0.1, 0.15) is 50.5 Å². The van der Waals surface area contributed by atoms with E-state index in [4.69, 9.17) is 9.26 Å². The molecule has 21 heavy (non-hydrogen) atoms. The molecule has 1 atom stereocenters. The smallest absolute Gasteiger partial charge is 0.264 e. The summed E-state index contributed by atoms with van der Waals surface area (Å²) in [5, 5.41) is 7.32. The molecule has 2 rings (SSSR count). The Morgan fingerprint density at radius 1 is 1.29 bits per heavy atom. The second kappa shape index (κ2) is 7.78. The van der Waals surface area contributed by atoms with Crippen LogP contribution >= 0.6 is 0 Å². The molecule has 0 aliphatic heterocycles. The van der Waals surface area contributed by atoms with Gasteiger partial charge in [0.1, 0.15) is 5.75 Å². The van der Waals surface area contributed by atoms with Crippen LogP contribution in [0.2, 0.25) is 0 Å². The Labute approximate surface area is 125 Å². The Morgan fingerprint density at radius 2 is 2.10 bits per heavy atom. The molecule has 1 unspecified atom stereocenters. The second-order valence-electron chi connectivity index (χ2n) is 4.96. The lowest BCUT2D eigenvalue weighted by Gasteiger charge is -2.16. The highest BCUT2D eigenvalue weighted by Crippen LogP contribution is 2.25. The number of hydrogen-bond acceptors (Lipinski definition) is 5. The van der Waals surface area contributed by atoms with E-state index in [1.165, 1.54) is 0 Å². The van der Waals surface area contributed by atoms with Crippen molar-refractivity contribution in [3.63, 3.8) is 0 Å². The summed E-state index contributed by atoms with van der Waals surface area (Å²) >= 11 is 0. The van der Waals surface area contributed by atoms with Crippen LogP contribution < -0.4 is 10.1 Å². The van der Waals surface area contributed by atoms with Gasteiger partial charge in [-0.2, -0.15) is 4.98 Å². The molecule has 0 bridgehead atoms. The Balaban J connectivity index is 2.02. The van der Waals surface area contributed by atoms with Crippen molar-refractivity contribution < 1.29 is 9.26 Å². The van der Waals surface area contributed by atoms with Crippen LogP contribution in [0.4, 0.5) is 0 Å². The molecular formula is C16H23N3O2. The van der Waals surface area contributed by atoms with Gasteiger partial charge in [0, 0.05) is 18.0 Å².